The molecule has 0 aromatic rings. The molecule has 5 unspecified atom stereocenters. The fraction of sp³-hybridized carbons (Fsp3) is 0.667. The first kappa shape index (κ1) is 20.1. The Kier molecular flexibility index (Phi) is 4.44. The number of ether oxygens (including phenoxy) is 3. The molecule has 4 rings (SSSR count). The Bertz CT molecular complexity index is 827. The first-order valence-corrected chi connectivity index (χ1v) is 9.80. The third-order valence-corrected chi connectivity index (χ3v) is 7.03. The van der Waals surface area contributed by atoms with Crippen LogP contribution in [-0.4, -0.2) is 58.6 Å². The van der Waals surface area contributed by atoms with E-state index in [4.69, 9.17) is 14.2 Å². The van der Waals surface area contributed by atoms with Crippen molar-refractivity contribution in [3.63, 3.8) is 0 Å². The zero-order valence-electron chi connectivity index (χ0n) is 16.7. The number of fused-ring (bicyclic) bond motifs is 1. The van der Waals surface area contributed by atoms with Crippen molar-refractivity contribution in [1.29, 1.82) is 0 Å². The van der Waals surface area contributed by atoms with Crippen LogP contribution in [0.3, 0.4) is 0 Å². The van der Waals surface area contributed by atoms with E-state index in [9.17, 15) is 24.6 Å². The van der Waals surface area contributed by atoms with Gasteiger partial charge in [-0.05, 0) is 19.4 Å². The average molecular weight is 406 g/mol. The van der Waals surface area contributed by atoms with Gasteiger partial charge in [0.2, 0.25) is 0 Å². The molecule has 4 aliphatic rings. The number of carbonyl (C=O) groups excluding carboxylic acids is 3. The summed E-state index contributed by atoms with van der Waals surface area (Å²) in [5.74, 6) is -3.96. The quantitative estimate of drug-likeness (QED) is 0.397. The molecule has 1 spiro atoms. The van der Waals surface area contributed by atoms with E-state index in [0.717, 1.165) is 0 Å². The molecular formula is C21H26O8. The Morgan fingerprint density at radius 3 is 2.69 bits per heavy atom. The van der Waals surface area contributed by atoms with E-state index < -0.39 is 65.0 Å². The second kappa shape index (κ2) is 6.40. The number of methoxy groups -OCH3 is 1. The first-order valence-electron chi connectivity index (χ1n) is 9.80. The fourth-order valence-corrected chi connectivity index (χ4v) is 5.99. The van der Waals surface area contributed by atoms with Crippen LogP contribution >= 0.6 is 0 Å². The lowest BCUT2D eigenvalue weighted by Crippen LogP contribution is -2.60. The van der Waals surface area contributed by atoms with Gasteiger partial charge >= 0.3 is 17.9 Å². The monoisotopic (exact) mass is 406 g/mol. The van der Waals surface area contributed by atoms with Crippen molar-refractivity contribution in [1.82, 2.24) is 0 Å². The van der Waals surface area contributed by atoms with Crippen molar-refractivity contribution in [2.75, 3.05) is 7.11 Å². The summed E-state index contributed by atoms with van der Waals surface area (Å²) in [6.07, 6.45) is -0.220. The second-order valence-corrected chi connectivity index (χ2v) is 8.91. The van der Waals surface area contributed by atoms with Crippen molar-refractivity contribution in [2.45, 2.75) is 56.5 Å². The molecule has 8 heteroatoms. The van der Waals surface area contributed by atoms with E-state index in [0.29, 0.717) is 11.1 Å². The molecule has 2 saturated heterocycles. The highest BCUT2D eigenvalue weighted by Crippen LogP contribution is 2.63. The number of carbonyl (C=O) groups is 3. The predicted octanol–water partition coefficient (Wildman–Crippen LogP) is 0.657. The molecule has 8 atom stereocenters. The smallest absolute Gasteiger partial charge is 0.313 e. The first-order chi connectivity index (χ1) is 13.5. The largest absolute Gasteiger partial charge is 0.469 e. The maximum atomic E-state index is 12.5. The van der Waals surface area contributed by atoms with Gasteiger partial charge in [-0.2, -0.15) is 0 Å². The zero-order valence-corrected chi connectivity index (χ0v) is 16.7. The van der Waals surface area contributed by atoms with Crippen molar-refractivity contribution in [3.8, 4) is 0 Å². The number of hydrogen-bond acceptors (Lipinski definition) is 8. The Morgan fingerprint density at radius 2 is 2.14 bits per heavy atom. The van der Waals surface area contributed by atoms with Gasteiger partial charge in [-0.3, -0.25) is 14.4 Å². The van der Waals surface area contributed by atoms with E-state index in [1.165, 1.54) is 7.11 Å². The van der Waals surface area contributed by atoms with Crippen LogP contribution in [0.2, 0.25) is 0 Å². The molecule has 0 bridgehead atoms. The fourth-order valence-electron chi connectivity index (χ4n) is 5.99. The lowest BCUT2D eigenvalue weighted by atomic mass is 9.58. The van der Waals surface area contributed by atoms with Crippen LogP contribution in [0.5, 0.6) is 0 Å². The van der Waals surface area contributed by atoms with Crippen molar-refractivity contribution < 1.29 is 38.8 Å². The van der Waals surface area contributed by atoms with E-state index in [-0.39, 0.29) is 19.3 Å². The van der Waals surface area contributed by atoms with Gasteiger partial charge in [0, 0.05) is 24.2 Å². The molecule has 0 aromatic carbocycles. The molecule has 0 aromatic heterocycles. The minimum atomic E-state index is -1.55. The third kappa shape index (κ3) is 2.69. The summed E-state index contributed by atoms with van der Waals surface area (Å²) in [5.41, 5.74) is -1.89. The minimum Gasteiger partial charge on any atom is -0.469 e. The van der Waals surface area contributed by atoms with E-state index in [1.807, 2.05) is 0 Å². The van der Waals surface area contributed by atoms with Gasteiger partial charge in [-0.25, -0.2) is 0 Å². The SMILES string of the molecule is C=C(C)C(CC(=O)OC)C1=CC2C(=O)O[C@@H]3C[C@](C)(O)C(C23)[C@]12OC(=O)CC2O. The molecule has 0 amide bonds. The van der Waals surface area contributed by atoms with E-state index in [1.54, 1.807) is 19.9 Å². The molecule has 29 heavy (non-hydrogen) atoms. The van der Waals surface area contributed by atoms with Gasteiger partial charge < -0.3 is 24.4 Å². The summed E-state index contributed by atoms with van der Waals surface area (Å²) in [7, 11) is 1.27. The van der Waals surface area contributed by atoms with Gasteiger partial charge in [-0.15, -0.1) is 0 Å². The van der Waals surface area contributed by atoms with Crippen LogP contribution in [0.25, 0.3) is 0 Å². The predicted molar refractivity (Wildman–Crippen MR) is 98.1 cm³/mol. The third-order valence-electron chi connectivity index (χ3n) is 7.03. The highest BCUT2D eigenvalue weighted by Gasteiger charge is 2.73. The summed E-state index contributed by atoms with van der Waals surface area (Å²) >= 11 is 0. The topological polar surface area (TPSA) is 119 Å². The highest BCUT2D eigenvalue weighted by atomic mass is 16.6. The van der Waals surface area contributed by atoms with Crippen LogP contribution in [0.1, 0.15) is 33.1 Å². The van der Waals surface area contributed by atoms with Crippen LogP contribution in [0.15, 0.2) is 23.8 Å². The lowest BCUT2D eigenvalue weighted by Gasteiger charge is -2.50. The van der Waals surface area contributed by atoms with Crippen LogP contribution < -0.4 is 0 Å². The van der Waals surface area contributed by atoms with Gasteiger partial charge in [0.05, 0.1) is 31.5 Å². The van der Waals surface area contributed by atoms with E-state index in [2.05, 4.69) is 6.58 Å². The molecular weight excluding hydrogens is 380 g/mol. The van der Waals surface area contributed by atoms with Crippen LogP contribution in [0, 0.1) is 23.7 Å². The van der Waals surface area contributed by atoms with Crippen LogP contribution in [-0.2, 0) is 28.6 Å². The molecule has 8 nitrogen and oxygen atoms in total. The number of esters is 3. The molecule has 1 saturated carbocycles. The zero-order chi connectivity index (χ0) is 21.3. The molecule has 2 heterocycles. The average Bonchev–Trinajstić information content (AvgIpc) is 3.17. The summed E-state index contributed by atoms with van der Waals surface area (Å²) in [6, 6.07) is 0. The normalized spacial score (nSPS) is 43.5. The van der Waals surface area contributed by atoms with Gasteiger partial charge in [-0.1, -0.05) is 18.2 Å². The van der Waals surface area contributed by atoms with Gasteiger partial charge in [0.1, 0.15) is 12.2 Å². The van der Waals surface area contributed by atoms with Crippen LogP contribution in [0.4, 0.5) is 0 Å². The van der Waals surface area contributed by atoms with Crippen molar-refractivity contribution in [2.24, 2.45) is 23.7 Å². The van der Waals surface area contributed by atoms with Crippen molar-refractivity contribution in [3.05, 3.63) is 23.8 Å². The van der Waals surface area contributed by atoms with E-state index >= 15 is 0 Å². The standard InChI is InChI=1S/C21H26O8/c1-9(2)10(6-15(23)27-4)12-5-11-17-13(28-19(11)25)8-20(3,26)18(17)21(12)14(22)7-16(24)29-21/h5,10-11,13-14,17-18,22,26H,1,6-8H2,2-4H3/t10?,11?,13-,14?,17?,18?,20+,21+/m1/s1. The number of allylic oxidation sites excluding steroid dienone is 1. The molecule has 0 radical (unpaired) electrons. The Morgan fingerprint density at radius 1 is 1.45 bits per heavy atom. The molecule has 2 N–H and O–H groups in total. The number of hydrogen-bond donors (Lipinski definition) is 2. The lowest BCUT2D eigenvalue weighted by molar-refractivity contribution is -0.173. The van der Waals surface area contributed by atoms with Gasteiger partial charge in [0.15, 0.2) is 5.60 Å². The second-order valence-electron chi connectivity index (χ2n) is 8.91. The number of rotatable bonds is 4. The molecule has 158 valence electrons. The molecule has 2 aliphatic carbocycles. The Labute approximate surface area is 168 Å². The maximum Gasteiger partial charge on any atom is 0.313 e. The summed E-state index contributed by atoms with van der Waals surface area (Å²) in [6.45, 7) is 7.30. The summed E-state index contributed by atoms with van der Waals surface area (Å²) in [5, 5.41) is 22.3. The Hall–Kier alpha value is -2.19. The minimum absolute atomic E-state index is 0.0889. The Balaban J connectivity index is 1.93. The van der Waals surface area contributed by atoms with Gasteiger partial charge in [0.25, 0.3) is 0 Å². The summed E-state index contributed by atoms with van der Waals surface area (Å²) < 4.78 is 16.1. The molecule has 3 fully saturated rings. The number of aliphatic hydroxyl groups excluding tert-OH is 1. The van der Waals surface area contributed by atoms with Crippen molar-refractivity contribution >= 4 is 17.9 Å². The maximum absolute atomic E-state index is 12.5. The number of aliphatic hydroxyl groups is 2. The highest BCUT2D eigenvalue weighted by molar-refractivity contribution is 5.81. The summed E-state index contributed by atoms with van der Waals surface area (Å²) in [4.78, 5) is 36.9. The molecule has 2 aliphatic heterocycles.